The molecule has 2 aromatic rings. The van der Waals surface area contributed by atoms with Crippen molar-refractivity contribution in [3.8, 4) is 5.75 Å². The van der Waals surface area contributed by atoms with Gasteiger partial charge in [-0.05, 0) is 40.9 Å². The Morgan fingerprint density at radius 1 is 1.15 bits per heavy atom. The van der Waals surface area contributed by atoms with E-state index in [1.165, 1.54) is 11.1 Å². The largest absolute Gasteiger partial charge is 0.493 e. The van der Waals surface area contributed by atoms with Crippen LogP contribution in [0.2, 0.25) is 0 Å². The molecule has 5 nitrogen and oxygen atoms in total. The molecule has 26 heavy (non-hydrogen) atoms. The zero-order valence-corrected chi connectivity index (χ0v) is 18.7. The number of hydrogen-bond donors (Lipinski definition) is 2. The topological polar surface area (TPSA) is 54.9 Å². The van der Waals surface area contributed by atoms with Gasteiger partial charge in [-0.3, -0.25) is 4.99 Å². The minimum absolute atomic E-state index is 0. The summed E-state index contributed by atoms with van der Waals surface area (Å²) >= 11 is 1.70. The number of nitrogens with zero attached hydrogens (tertiary/aromatic N) is 1. The van der Waals surface area contributed by atoms with Crippen LogP contribution in [0, 0.1) is 6.92 Å². The summed E-state index contributed by atoms with van der Waals surface area (Å²) in [7, 11) is 3.48. The fraction of sp³-hybridized carbons (Fsp3) is 0.421. The van der Waals surface area contributed by atoms with Crippen LogP contribution in [0.15, 0.2) is 40.0 Å². The maximum atomic E-state index is 5.93. The second-order valence-electron chi connectivity index (χ2n) is 5.72. The molecule has 0 aliphatic rings. The molecule has 1 heterocycles. The van der Waals surface area contributed by atoms with E-state index in [-0.39, 0.29) is 24.0 Å². The summed E-state index contributed by atoms with van der Waals surface area (Å²) in [6.45, 7) is 4.84. The summed E-state index contributed by atoms with van der Waals surface area (Å²) in [6.07, 6.45) is 0.876. The first-order valence-corrected chi connectivity index (χ1v) is 9.34. The van der Waals surface area contributed by atoms with Crippen molar-refractivity contribution in [1.29, 1.82) is 0 Å². The second-order valence-corrected chi connectivity index (χ2v) is 6.50. The van der Waals surface area contributed by atoms with Crippen LogP contribution in [-0.4, -0.2) is 33.3 Å². The van der Waals surface area contributed by atoms with Gasteiger partial charge in [0.2, 0.25) is 0 Å². The molecule has 0 saturated heterocycles. The van der Waals surface area contributed by atoms with E-state index < -0.39 is 0 Å². The highest BCUT2D eigenvalue weighted by atomic mass is 127. The van der Waals surface area contributed by atoms with Gasteiger partial charge in [0.05, 0.1) is 6.61 Å². The first-order valence-electron chi connectivity index (χ1n) is 8.39. The molecule has 0 unspecified atom stereocenters. The van der Waals surface area contributed by atoms with E-state index in [1.807, 2.05) is 0 Å². The van der Waals surface area contributed by atoms with E-state index in [2.05, 4.69) is 57.6 Å². The highest BCUT2D eigenvalue weighted by molar-refractivity contribution is 14.0. The molecule has 7 heteroatoms. The fourth-order valence-electron chi connectivity index (χ4n) is 2.31. The van der Waals surface area contributed by atoms with Crippen molar-refractivity contribution in [1.82, 2.24) is 10.6 Å². The summed E-state index contributed by atoms with van der Waals surface area (Å²) < 4.78 is 11.0. The Morgan fingerprint density at radius 3 is 2.65 bits per heavy atom. The number of aryl methyl sites for hydroxylation is 1. The van der Waals surface area contributed by atoms with Crippen LogP contribution in [0.25, 0.3) is 0 Å². The van der Waals surface area contributed by atoms with Crippen LogP contribution in [0.5, 0.6) is 5.75 Å². The molecular weight excluding hydrogens is 461 g/mol. The Morgan fingerprint density at radius 2 is 1.96 bits per heavy atom. The number of aliphatic imine (C=N–C) groups is 1. The maximum absolute atomic E-state index is 5.93. The van der Waals surface area contributed by atoms with Gasteiger partial charge < -0.3 is 20.1 Å². The predicted molar refractivity (Wildman–Crippen MR) is 120 cm³/mol. The molecule has 144 valence electrons. The molecule has 0 radical (unpaired) electrons. The lowest BCUT2D eigenvalue weighted by Crippen LogP contribution is -2.36. The van der Waals surface area contributed by atoms with Crippen molar-refractivity contribution in [3.63, 3.8) is 0 Å². The molecule has 0 atom stereocenters. The summed E-state index contributed by atoms with van der Waals surface area (Å²) in [6, 6.07) is 8.38. The minimum Gasteiger partial charge on any atom is -0.493 e. The van der Waals surface area contributed by atoms with Gasteiger partial charge in [0, 0.05) is 45.8 Å². The summed E-state index contributed by atoms with van der Waals surface area (Å²) in [5, 5.41) is 10.9. The lowest BCUT2D eigenvalue weighted by Gasteiger charge is -2.15. The van der Waals surface area contributed by atoms with Gasteiger partial charge in [-0.2, -0.15) is 11.3 Å². The quantitative estimate of drug-likeness (QED) is 0.243. The van der Waals surface area contributed by atoms with Gasteiger partial charge in [-0.25, -0.2) is 0 Å². The predicted octanol–water partition coefficient (Wildman–Crippen LogP) is 3.96. The number of nitrogens with one attached hydrogen (secondary N) is 2. The molecule has 0 amide bonds. The lowest BCUT2D eigenvalue weighted by molar-refractivity contribution is 0.171. The fourth-order valence-corrected chi connectivity index (χ4v) is 2.97. The molecule has 1 aromatic carbocycles. The number of rotatable bonds is 9. The average molecular weight is 489 g/mol. The van der Waals surface area contributed by atoms with Crippen LogP contribution in [-0.2, 0) is 17.8 Å². The van der Waals surface area contributed by atoms with Gasteiger partial charge >= 0.3 is 0 Å². The van der Waals surface area contributed by atoms with E-state index in [0.717, 1.165) is 30.2 Å². The number of ether oxygens (including phenoxy) is 2. The maximum Gasteiger partial charge on any atom is 0.191 e. The number of benzene rings is 1. The Kier molecular flexibility index (Phi) is 11.3. The highest BCUT2D eigenvalue weighted by Gasteiger charge is 2.06. The third-order valence-electron chi connectivity index (χ3n) is 3.68. The number of guanidine groups is 1. The van der Waals surface area contributed by atoms with Crippen molar-refractivity contribution in [3.05, 3.63) is 51.7 Å². The number of methoxy groups -OCH3 is 1. The zero-order valence-electron chi connectivity index (χ0n) is 15.6. The van der Waals surface area contributed by atoms with E-state index in [9.17, 15) is 0 Å². The Bertz CT molecular complexity index is 663. The van der Waals surface area contributed by atoms with Crippen molar-refractivity contribution >= 4 is 41.3 Å². The van der Waals surface area contributed by atoms with Crippen LogP contribution in [0.4, 0.5) is 0 Å². The third kappa shape index (κ3) is 7.92. The van der Waals surface area contributed by atoms with Gasteiger partial charge in [0.15, 0.2) is 5.96 Å². The smallest absolute Gasteiger partial charge is 0.191 e. The van der Waals surface area contributed by atoms with Gasteiger partial charge in [-0.1, -0.05) is 12.1 Å². The first-order chi connectivity index (χ1) is 12.2. The number of thiophene rings is 1. The molecular formula is C19H28IN3O2S. The summed E-state index contributed by atoms with van der Waals surface area (Å²) in [4.78, 5) is 4.28. The molecule has 2 N–H and O–H groups in total. The van der Waals surface area contributed by atoms with Crippen molar-refractivity contribution < 1.29 is 9.47 Å². The van der Waals surface area contributed by atoms with Crippen molar-refractivity contribution in [2.24, 2.45) is 4.99 Å². The molecule has 0 aliphatic heterocycles. The van der Waals surface area contributed by atoms with Crippen molar-refractivity contribution in [2.75, 3.05) is 27.4 Å². The van der Waals surface area contributed by atoms with E-state index in [0.29, 0.717) is 19.8 Å². The Hall–Kier alpha value is -1.32. The van der Waals surface area contributed by atoms with E-state index in [1.54, 1.807) is 25.5 Å². The minimum atomic E-state index is 0. The number of halogens is 1. The molecule has 0 spiro atoms. The average Bonchev–Trinajstić information content (AvgIpc) is 3.14. The monoisotopic (exact) mass is 489 g/mol. The molecule has 0 saturated carbocycles. The number of hydrogen-bond acceptors (Lipinski definition) is 4. The van der Waals surface area contributed by atoms with Crippen LogP contribution in [0.1, 0.15) is 23.1 Å². The second kappa shape index (κ2) is 12.9. The lowest BCUT2D eigenvalue weighted by atomic mass is 10.1. The Balaban J connectivity index is 0.00000338. The molecule has 0 fully saturated rings. The highest BCUT2D eigenvalue weighted by Crippen LogP contribution is 2.20. The molecule has 0 aliphatic carbocycles. The molecule has 1 aromatic heterocycles. The molecule has 2 rings (SSSR count). The van der Waals surface area contributed by atoms with Crippen molar-refractivity contribution in [2.45, 2.75) is 26.4 Å². The van der Waals surface area contributed by atoms with E-state index in [4.69, 9.17) is 9.47 Å². The third-order valence-corrected chi connectivity index (χ3v) is 4.42. The summed E-state index contributed by atoms with van der Waals surface area (Å²) in [5.74, 6) is 1.69. The molecule has 0 bridgehead atoms. The summed E-state index contributed by atoms with van der Waals surface area (Å²) in [5.41, 5.74) is 3.55. The normalized spacial score (nSPS) is 11.0. The van der Waals surface area contributed by atoms with Gasteiger partial charge in [0.25, 0.3) is 0 Å². The van der Waals surface area contributed by atoms with Gasteiger partial charge in [0.1, 0.15) is 5.75 Å². The SMILES string of the molecule is CN=C(NCc1ccsc1)NCc1ccc(C)cc1OCCCOC.I. The van der Waals surface area contributed by atoms with Crippen LogP contribution >= 0.6 is 35.3 Å². The van der Waals surface area contributed by atoms with E-state index >= 15 is 0 Å². The standard InChI is InChI=1S/C19H27N3O2S.HI/c1-15-5-6-17(18(11-15)24-9-4-8-23-3)13-22-19(20-2)21-12-16-7-10-25-14-16;/h5-7,10-11,14H,4,8-9,12-13H2,1-3H3,(H2,20,21,22);1H. The van der Waals surface area contributed by atoms with Crippen LogP contribution < -0.4 is 15.4 Å². The zero-order chi connectivity index (χ0) is 17.9. The van der Waals surface area contributed by atoms with Crippen LogP contribution in [0.3, 0.4) is 0 Å². The van der Waals surface area contributed by atoms with Gasteiger partial charge in [-0.15, -0.1) is 24.0 Å². The Labute approximate surface area is 177 Å². The first kappa shape index (κ1) is 22.7.